The van der Waals surface area contributed by atoms with Gasteiger partial charge in [-0.2, -0.15) is 0 Å². The highest BCUT2D eigenvalue weighted by Gasteiger charge is 2.34. The summed E-state index contributed by atoms with van der Waals surface area (Å²) in [5, 5.41) is 3.39. The summed E-state index contributed by atoms with van der Waals surface area (Å²) in [5.41, 5.74) is 2.06. The van der Waals surface area contributed by atoms with E-state index in [1.165, 1.54) is 0 Å². The zero-order valence-electron chi connectivity index (χ0n) is 13.4. The number of nitrogens with one attached hydrogen (secondary N) is 1. The van der Waals surface area contributed by atoms with E-state index in [4.69, 9.17) is 4.74 Å². The molecule has 0 spiro atoms. The van der Waals surface area contributed by atoms with E-state index in [2.05, 4.69) is 30.1 Å². The average molecular weight is 303 g/mol. The van der Waals surface area contributed by atoms with Gasteiger partial charge in [-0.1, -0.05) is 26.0 Å². The molecule has 0 aromatic heterocycles. The second-order valence-electron chi connectivity index (χ2n) is 6.33. The molecule has 5 heteroatoms. The number of hydrogen-bond acceptors (Lipinski definition) is 4. The van der Waals surface area contributed by atoms with Gasteiger partial charge in [-0.25, -0.2) is 0 Å². The van der Waals surface area contributed by atoms with E-state index in [-0.39, 0.29) is 17.9 Å². The van der Waals surface area contributed by atoms with Crippen LogP contribution in [0.5, 0.6) is 0 Å². The lowest BCUT2D eigenvalue weighted by molar-refractivity contribution is -0.120. The van der Waals surface area contributed by atoms with Crippen LogP contribution >= 0.6 is 0 Å². The van der Waals surface area contributed by atoms with Crippen LogP contribution in [0.25, 0.3) is 0 Å². The summed E-state index contributed by atoms with van der Waals surface area (Å²) in [6.07, 6.45) is 0. The van der Waals surface area contributed by atoms with Gasteiger partial charge < -0.3 is 15.0 Å². The van der Waals surface area contributed by atoms with Crippen LogP contribution in [0.3, 0.4) is 0 Å². The second kappa shape index (κ2) is 6.67. The van der Waals surface area contributed by atoms with Crippen LogP contribution in [0.1, 0.15) is 13.8 Å². The molecule has 1 atom stereocenters. The minimum atomic E-state index is -0.139. The molecule has 3 rings (SSSR count). The molecule has 120 valence electrons. The number of carbonyl (C=O) groups excluding carboxylic acids is 1. The number of hydrogen-bond donors (Lipinski definition) is 1. The zero-order valence-corrected chi connectivity index (χ0v) is 13.4. The highest BCUT2D eigenvalue weighted by molar-refractivity contribution is 6.05. The van der Waals surface area contributed by atoms with Crippen molar-refractivity contribution in [3.63, 3.8) is 0 Å². The molecule has 2 aliphatic heterocycles. The van der Waals surface area contributed by atoms with Crippen molar-refractivity contribution in [1.29, 1.82) is 0 Å². The van der Waals surface area contributed by atoms with E-state index >= 15 is 0 Å². The Morgan fingerprint density at radius 3 is 2.68 bits per heavy atom. The minimum Gasteiger partial charge on any atom is -0.379 e. The van der Waals surface area contributed by atoms with Crippen molar-refractivity contribution < 1.29 is 9.53 Å². The third-order valence-electron chi connectivity index (χ3n) is 4.45. The quantitative estimate of drug-likeness (QED) is 0.921. The molecular weight excluding hydrogens is 278 g/mol. The number of benzene rings is 1. The van der Waals surface area contributed by atoms with Gasteiger partial charge in [-0.15, -0.1) is 0 Å². The first-order valence-corrected chi connectivity index (χ1v) is 8.14. The molecule has 1 aromatic carbocycles. The standard InChI is InChI=1S/C17H25N3O2/c1-13(2)16-17(21)20(8-7-19-9-11-22-12-10-19)15-6-4-3-5-14(15)18-16/h3-6,13,16,18H,7-12H2,1-2H3. The number of rotatable bonds is 4. The van der Waals surface area contributed by atoms with E-state index in [1.54, 1.807) is 0 Å². The lowest BCUT2D eigenvalue weighted by Crippen LogP contribution is -2.52. The normalized spacial score (nSPS) is 22.6. The van der Waals surface area contributed by atoms with E-state index in [0.29, 0.717) is 0 Å². The smallest absolute Gasteiger partial charge is 0.249 e. The SMILES string of the molecule is CC(C)C1Nc2ccccc2N(CCN2CCOCC2)C1=O. The molecule has 1 amide bonds. The maximum absolute atomic E-state index is 12.8. The minimum absolute atomic E-state index is 0.139. The first kappa shape index (κ1) is 15.3. The Bertz CT molecular complexity index is 526. The molecule has 5 nitrogen and oxygen atoms in total. The first-order chi connectivity index (χ1) is 10.7. The number of morpholine rings is 1. The summed E-state index contributed by atoms with van der Waals surface area (Å²) in [5.74, 6) is 0.453. The number of ether oxygens (including phenoxy) is 1. The molecule has 1 N–H and O–H groups in total. The van der Waals surface area contributed by atoms with Crippen LogP contribution in [0, 0.1) is 5.92 Å². The second-order valence-corrected chi connectivity index (χ2v) is 6.33. The van der Waals surface area contributed by atoms with Crippen LogP contribution in [-0.4, -0.2) is 56.2 Å². The fraction of sp³-hybridized carbons (Fsp3) is 0.588. The largest absolute Gasteiger partial charge is 0.379 e. The Morgan fingerprint density at radius 2 is 1.95 bits per heavy atom. The van der Waals surface area contributed by atoms with Gasteiger partial charge in [-0.05, 0) is 18.1 Å². The van der Waals surface area contributed by atoms with Gasteiger partial charge in [0.2, 0.25) is 5.91 Å². The van der Waals surface area contributed by atoms with Gasteiger partial charge >= 0.3 is 0 Å². The van der Waals surface area contributed by atoms with Crippen LogP contribution in [0.15, 0.2) is 24.3 Å². The molecule has 22 heavy (non-hydrogen) atoms. The summed E-state index contributed by atoms with van der Waals surface area (Å²) in [4.78, 5) is 17.1. The van der Waals surface area contributed by atoms with Gasteiger partial charge in [0.1, 0.15) is 6.04 Å². The van der Waals surface area contributed by atoms with Crippen molar-refractivity contribution >= 4 is 17.3 Å². The number of anilines is 2. The number of nitrogens with zero attached hydrogens (tertiary/aromatic N) is 2. The van der Waals surface area contributed by atoms with Crippen LogP contribution < -0.4 is 10.2 Å². The van der Waals surface area contributed by atoms with Crippen LogP contribution in [0.4, 0.5) is 11.4 Å². The maximum Gasteiger partial charge on any atom is 0.249 e. The van der Waals surface area contributed by atoms with E-state index in [1.807, 2.05) is 23.1 Å². The zero-order chi connectivity index (χ0) is 15.5. The van der Waals surface area contributed by atoms with Crippen molar-refractivity contribution in [1.82, 2.24) is 4.90 Å². The number of para-hydroxylation sites is 2. The molecule has 0 aliphatic carbocycles. The van der Waals surface area contributed by atoms with Crippen molar-refractivity contribution in [2.75, 3.05) is 49.6 Å². The lowest BCUT2D eigenvalue weighted by Gasteiger charge is -2.38. The predicted octanol–water partition coefficient (Wildman–Crippen LogP) is 1.80. The van der Waals surface area contributed by atoms with E-state index in [0.717, 1.165) is 50.8 Å². The summed E-state index contributed by atoms with van der Waals surface area (Å²) in [6.45, 7) is 9.30. The van der Waals surface area contributed by atoms with Crippen molar-refractivity contribution in [3.05, 3.63) is 24.3 Å². The molecule has 0 radical (unpaired) electrons. The van der Waals surface area contributed by atoms with Crippen molar-refractivity contribution in [2.24, 2.45) is 5.92 Å². The van der Waals surface area contributed by atoms with Crippen molar-refractivity contribution in [2.45, 2.75) is 19.9 Å². The Hall–Kier alpha value is -1.59. The molecule has 1 aromatic rings. The lowest BCUT2D eigenvalue weighted by atomic mass is 9.99. The highest BCUT2D eigenvalue weighted by atomic mass is 16.5. The third-order valence-corrected chi connectivity index (χ3v) is 4.45. The number of amides is 1. The fourth-order valence-electron chi connectivity index (χ4n) is 3.10. The monoisotopic (exact) mass is 303 g/mol. The molecule has 0 bridgehead atoms. The Morgan fingerprint density at radius 1 is 1.23 bits per heavy atom. The van der Waals surface area contributed by atoms with Gasteiger partial charge in [-0.3, -0.25) is 9.69 Å². The molecule has 1 saturated heterocycles. The van der Waals surface area contributed by atoms with Crippen LogP contribution in [-0.2, 0) is 9.53 Å². The topological polar surface area (TPSA) is 44.8 Å². The number of carbonyl (C=O) groups is 1. The summed E-state index contributed by atoms with van der Waals surface area (Å²) in [7, 11) is 0. The van der Waals surface area contributed by atoms with Gasteiger partial charge in [0.25, 0.3) is 0 Å². The average Bonchev–Trinajstić information content (AvgIpc) is 2.54. The predicted molar refractivity (Wildman–Crippen MR) is 88.3 cm³/mol. The van der Waals surface area contributed by atoms with Crippen molar-refractivity contribution in [3.8, 4) is 0 Å². The molecule has 1 fully saturated rings. The van der Waals surface area contributed by atoms with Gasteiger partial charge in [0.15, 0.2) is 0 Å². The maximum atomic E-state index is 12.8. The summed E-state index contributed by atoms with van der Waals surface area (Å²) in [6, 6.07) is 7.94. The van der Waals surface area contributed by atoms with Crippen LogP contribution in [0.2, 0.25) is 0 Å². The molecular formula is C17H25N3O2. The van der Waals surface area contributed by atoms with Gasteiger partial charge in [0.05, 0.1) is 24.6 Å². The molecule has 1 unspecified atom stereocenters. The highest BCUT2D eigenvalue weighted by Crippen LogP contribution is 2.32. The van der Waals surface area contributed by atoms with E-state index < -0.39 is 0 Å². The first-order valence-electron chi connectivity index (χ1n) is 8.14. The fourth-order valence-corrected chi connectivity index (χ4v) is 3.10. The Balaban J connectivity index is 1.76. The molecule has 2 heterocycles. The van der Waals surface area contributed by atoms with E-state index in [9.17, 15) is 4.79 Å². The summed E-state index contributed by atoms with van der Waals surface area (Å²) >= 11 is 0. The Kier molecular flexibility index (Phi) is 4.64. The summed E-state index contributed by atoms with van der Waals surface area (Å²) < 4.78 is 5.39. The molecule has 2 aliphatic rings. The van der Waals surface area contributed by atoms with Gasteiger partial charge in [0, 0.05) is 26.2 Å². The third kappa shape index (κ3) is 3.10. The number of fused-ring (bicyclic) bond motifs is 1. The molecule has 0 saturated carbocycles. The Labute approximate surface area is 132 Å².